The third-order valence-corrected chi connectivity index (χ3v) is 3.62. The summed E-state index contributed by atoms with van der Waals surface area (Å²) in [5.41, 5.74) is 1.51. The van der Waals surface area contributed by atoms with Gasteiger partial charge in [-0.15, -0.1) is 0 Å². The fraction of sp³-hybridized carbons (Fsp3) is 0.278. The van der Waals surface area contributed by atoms with Crippen LogP contribution in [0.25, 0.3) is 0 Å². The number of aliphatic hydroxyl groups excluding tert-OH is 2. The molecule has 5 heteroatoms. The number of aryl methyl sites for hydroxylation is 1. The summed E-state index contributed by atoms with van der Waals surface area (Å²) in [5.74, 6) is -0.729. The molecule has 2 aromatic rings. The molecular formula is C18H19FO4. The molecule has 0 aromatic heterocycles. The fourth-order valence-corrected chi connectivity index (χ4v) is 2.30. The third-order valence-electron chi connectivity index (χ3n) is 3.62. The van der Waals surface area contributed by atoms with Crippen LogP contribution in [0.1, 0.15) is 27.0 Å². The van der Waals surface area contributed by atoms with E-state index in [1.807, 2.05) is 6.07 Å². The predicted octanol–water partition coefficient (Wildman–Crippen LogP) is 2.41. The molecule has 122 valence electrons. The predicted molar refractivity (Wildman–Crippen MR) is 84.3 cm³/mol. The van der Waals surface area contributed by atoms with E-state index in [0.717, 1.165) is 5.56 Å². The standard InChI is InChI=1S/C18H19FO4/c1-11-5-3-4-6-14(11)18(22)17-12(2)16(8-7-15(17)19)23-10-13(21)9-20/h3-8,13,20-21H,9-10H2,1-2H3. The van der Waals surface area contributed by atoms with Crippen LogP contribution >= 0.6 is 0 Å². The number of carbonyl (C=O) groups excluding carboxylic acids is 1. The Bertz CT molecular complexity index is 712. The molecule has 0 aliphatic carbocycles. The van der Waals surface area contributed by atoms with Crippen LogP contribution in [0.5, 0.6) is 5.75 Å². The summed E-state index contributed by atoms with van der Waals surface area (Å²) < 4.78 is 19.6. The summed E-state index contributed by atoms with van der Waals surface area (Å²) in [6.07, 6.45) is -1.03. The number of benzene rings is 2. The van der Waals surface area contributed by atoms with Crippen LogP contribution in [0.2, 0.25) is 0 Å². The SMILES string of the molecule is Cc1ccccc1C(=O)c1c(F)ccc(OCC(O)CO)c1C. The van der Waals surface area contributed by atoms with Crippen molar-refractivity contribution in [2.45, 2.75) is 20.0 Å². The van der Waals surface area contributed by atoms with E-state index in [-0.39, 0.29) is 12.2 Å². The maximum absolute atomic E-state index is 14.2. The molecule has 0 amide bonds. The molecule has 1 unspecified atom stereocenters. The van der Waals surface area contributed by atoms with Gasteiger partial charge in [-0.1, -0.05) is 24.3 Å². The number of aliphatic hydroxyl groups is 2. The molecule has 0 aliphatic heterocycles. The lowest BCUT2D eigenvalue weighted by molar-refractivity contribution is 0.0533. The van der Waals surface area contributed by atoms with E-state index >= 15 is 0 Å². The monoisotopic (exact) mass is 318 g/mol. The summed E-state index contributed by atoms with van der Waals surface area (Å²) in [5, 5.41) is 18.1. The van der Waals surface area contributed by atoms with Crippen LogP contribution in [-0.4, -0.2) is 35.3 Å². The lowest BCUT2D eigenvalue weighted by Crippen LogP contribution is -2.22. The number of halogens is 1. The molecule has 0 spiro atoms. The highest BCUT2D eigenvalue weighted by Crippen LogP contribution is 2.27. The summed E-state index contributed by atoms with van der Waals surface area (Å²) in [6.45, 7) is 2.81. The topological polar surface area (TPSA) is 66.8 Å². The fourth-order valence-electron chi connectivity index (χ4n) is 2.30. The maximum Gasteiger partial charge on any atom is 0.196 e. The van der Waals surface area contributed by atoms with Crippen LogP contribution in [0, 0.1) is 19.7 Å². The molecule has 0 aliphatic rings. The minimum absolute atomic E-state index is 0.0460. The zero-order valence-corrected chi connectivity index (χ0v) is 13.0. The number of ketones is 1. The van der Waals surface area contributed by atoms with Crippen molar-refractivity contribution in [2.24, 2.45) is 0 Å². The van der Waals surface area contributed by atoms with Gasteiger partial charge in [0.2, 0.25) is 0 Å². The molecule has 4 nitrogen and oxygen atoms in total. The smallest absolute Gasteiger partial charge is 0.196 e. The van der Waals surface area contributed by atoms with E-state index in [0.29, 0.717) is 16.9 Å². The van der Waals surface area contributed by atoms with Gasteiger partial charge in [0, 0.05) is 11.1 Å². The minimum atomic E-state index is -1.03. The van der Waals surface area contributed by atoms with Crippen molar-refractivity contribution in [3.8, 4) is 5.75 Å². The Labute approximate surface area is 134 Å². The van der Waals surface area contributed by atoms with E-state index in [2.05, 4.69) is 0 Å². The zero-order valence-electron chi connectivity index (χ0n) is 13.0. The van der Waals surface area contributed by atoms with Crippen molar-refractivity contribution in [1.29, 1.82) is 0 Å². The first-order valence-corrected chi connectivity index (χ1v) is 7.26. The Morgan fingerprint density at radius 1 is 1.22 bits per heavy atom. The second kappa shape index (κ2) is 7.35. The van der Waals surface area contributed by atoms with Crippen LogP contribution in [0.4, 0.5) is 4.39 Å². The molecule has 2 N–H and O–H groups in total. The Balaban J connectivity index is 2.38. The van der Waals surface area contributed by atoms with Crippen LogP contribution in [0.15, 0.2) is 36.4 Å². The molecule has 2 aromatic carbocycles. The zero-order chi connectivity index (χ0) is 17.0. The Morgan fingerprint density at radius 3 is 2.57 bits per heavy atom. The average Bonchev–Trinajstić information content (AvgIpc) is 2.54. The lowest BCUT2D eigenvalue weighted by atomic mass is 9.95. The van der Waals surface area contributed by atoms with Crippen molar-refractivity contribution in [3.63, 3.8) is 0 Å². The summed E-state index contributed by atoms with van der Waals surface area (Å²) in [4.78, 5) is 12.7. The van der Waals surface area contributed by atoms with Gasteiger partial charge in [-0.2, -0.15) is 0 Å². The van der Waals surface area contributed by atoms with Gasteiger partial charge in [0.1, 0.15) is 24.3 Å². The Kier molecular flexibility index (Phi) is 5.47. The number of hydrogen-bond donors (Lipinski definition) is 2. The second-order valence-electron chi connectivity index (χ2n) is 5.34. The Morgan fingerprint density at radius 2 is 1.91 bits per heavy atom. The van der Waals surface area contributed by atoms with Gasteiger partial charge in [0.15, 0.2) is 5.78 Å². The molecule has 0 bridgehead atoms. The quantitative estimate of drug-likeness (QED) is 0.803. The van der Waals surface area contributed by atoms with Gasteiger partial charge in [-0.3, -0.25) is 4.79 Å². The highest BCUT2D eigenvalue weighted by atomic mass is 19.1. The van der Waals surface area contributed by atoms with Gasteiger partial charge >= 0.3 is 0 Å². The largest absolute Gasteiger partial charge is 0.490 e. The first kappa shape index (κ1) is 17.1. The number of ether oxygens (including phenoxy) is 1. The van der Waals surface area contributed by atoms with Gasteiger partial charge < -0.3 is 14.9 Å². The van der Waals surface area contributed by atoms with Gasteiger partial charge in [-0.05, 0) is 31.5 Å². The van der Waals surface area contributed by atoms with Gasteiger partial charge in [0.05, 0.1) is 12.2 Å². The molecular weight excluding hydrogens is 299 g/mol. The normalized spacial score (nSPS) is 12.0. The van der Waals surface area contributed by atoms with Crippen LogP contribution < -0.4 is 4.74 Å². The van der Waals surface area contributed by atoms with E-state index in [1.165, 1.54) is 12.1 Å². The number of rotatable bonds is 6. The molecule has 0 fully saturated rings. The molecule has 0 saturated carbocycles. The first-order chi connectivity index (χ1) is 11.0. The molecule has 23 heavy (non-hydrogen) atoms. The van der Waals surface area contributed by atoms with Crippen molar-refractivity contribution < 1.29 is 24.1 Å². The van der Waals surface area contributed by atoms with E-state index < -0.39 is 24.3 Å². The van der Waals surface area contributed by atoms with Gasteiger partial charge in [0.25, 0.3) is 0 Å². The van der Waals surface area contributed by atoms with Crippen molar-refractivity contribution in [1.82, 2.24) is 0 Å². The Hall–Kier alpha value is -2.24. The molecule has 0 saturated heterocycles. The molecule has 0 heterocycles. The van der Waals surface area contributed by atoms with Crippen LogP contribution in [0.3, 0.4) is 0 Å². The number of hydrogen-bond acceptors (Lipinski definition) is 4. The maximum atomic E-state index is 14.2. The highest BCUT2D eigenvalue weighted by molar-refractivity contribution is 6.11. The van der Waals surface area contributed by atoms with E-state index in [4.69, 9.17) is 9.84 Å². The van der Waals surface area contributed by atoms with Gasteiger partial charge in [-0.25, -0.2) is 4.39 Å². The molecule has 0 radical (unpaired) electrons. The average molecular weight is 318 g/mol. The summed E-state index contributed by atoms with van der Waals surface area (Å²) in [7, 11) is 0. The molecule has 1 atom stereocenters. The summed E-state index contributed by atoms with van der Waals surface area (Å²) in [6, 6.07) is 9.55. The highest BCUT2D eigenvalue weighted by Gasteiger charge is 2.21. The molecule has 2 rings (SSSR count). The first-order valence-electron chi connectivity index (χ1n) is 7.26. The lowest BCUT2D eigenvalue weighted by Gasteiger charge is -2.15. The van der Waals surface area contributed by atoms with Crippen molar-refractivity contribution >= 4 is 5.78 Å². The van der Waals surface area contributed by atoms with E-state index in [1.54, 1.807) is 32.0 Å². The summed E-state index contributed by atoms with van der Waals surface area (Å²) >= 11 is 0. The second-order valence-corrected chi connectivity index (χ2v) is 5.34. The van der Waals surface area contributed by atoms with Crippen molar-refractivity contribution in [3.05, 3.63) is 64.5 Å². The van der Waals surface area contributed by atoms with Crippen LogP contribution in [-0.2, 0) is 0 Å². The number of carbonyl (C=O) groups is 1. The van der Waals surface area contributed by atoms with Crippen molar-refractivity contribution in [2.75, 3.05) is 13.2 Å². The minimum Gasteiger partial charge on any atom is -0.490 e. The third kappa shape index (κ3) is 3.75. The van der Waals surface area contributed by atoms with E-state index in [9.17, 15) is 14.3 Å².